The van der Waals surface area contributed by atoms with Crippen LogP contribution in [0.1, 0.15) is 5.56 Å². The molecule has 2 heterocycles. The second-order valence-corrected chi connectivity index (χ2v) is 5.49. The molecule has 1 aromatic carbocycles. The van der Waals surface area contributed by atoms with Crippen LogP contribution in [0.5, 0.6) is 5.88 Å². The quantitative estimate of drug-likeness (QED) is 0.703. The monoisotopic (exact) mass is 374 g/mol. The van der Waals surface area contributed by atoms with Crippen LogP contribution >= 0.6 is 15.9 Å². The summed E-state index contributed by atoms with van der Waals surface area (Å²) in [6, 6.07) is 12.3. The van der Waals surface area contributed by atoms with Crippen molar-refractivity contribution < 1.29 is 9.63 Å². The van der Waals surface area contributed by atoms with Gasteiger partial charge in [-0.05, 0) is 27.6 Å². The highest BCUT2D eigenvalue weighted by atomic mass is 79.9. The second kappa shape index (κ2) is 6.57. The number of aromatic hydroxyl groups is 1. The molecule has 0 saturated carbocycles. The molecule has 0 radical (unpaired) electrons. The van der Waals surface area contributed by atoms with Crippen LogP contribution in [0.4, 0.5) is 11.5 Å². The van der Waals surface area contributed by atoms with Crippen LogP contribution < -0.4 is 5.56 Å². The molecule has 0 saturated heterocycles. The van der Waals surface area contributed by atoms with Crippen LogP contribution in [0.15, 0.2) is 72.7 Å². The first-order valence-corrected chi connectivity index (χ1v) is 7.43. The zero-order valence-corrected chi connectivity index (χ0v) is 13.3. The SMILES string of the molecule is O=c1c(Br)cc(N=Nc2ccon2)c(O)n1Cc1ccccc1. The Hall–Kier alpha value is -2.74. The van der Waals surface area contributed by atoms with Gasteiger partial charge >= 0.3 is 0 Å². The molecule has 0 aliphatic heterocycles. The highest BCUT2D eigenvalue weighted by Gasteiger charge is 2.13. The molecule has 3 aromatic rings. The summed E-state index contributed by atoms with van der Waals surface area (Å²) in [7, 11) is 0. The van der Waals surface area contributed by atoms with Crippen LogP contribution in [0.3, 0.4) is 0 Å². The minimum atomic E-state index is -0.355. The van der Waals surface area contributed by atoms with Gasteiger partial charge in [0, 0.05) is 6.07 Å². The summed E-state index contributed by atoms with van der Waals surface area (Å²) in [6.45, 7) is 0.220. The van der Waals surface area contributed by atoms with Gasteiger partial charge in [-0.2, -0.15) is 0 Å². The molecule has 0 unspecified atom stereocenters. The molecule has 0 atom stereocenters. The lowest BCUT2D eigenvalue weighted by molar-refractivity contribution is 0.415. The van der Waals surface area contributed by atoms with Crippen molar-refractivity contribution in [1.82, 2.24) is 9.72 Å². The maximum atomic E-state index is 12.2. The Balaban J connectivity index is 2.00. The summed E-state index contributed by atoms with van der Waals surface area (Å²) in [6.07, 6.45) is 1.36. The summed E-state index contributed by atoms with van der Waals surface area (Å²) in [4.78, 5) is 12.2. The van der Waals surface area contributed by atoms with E-state index in [0.29, 0.717) is 0 Å². The molecular formula is C15H11BrN4O3. The number of aromatic nitrogens is 2. The zero-order chi connectivity index (χ0) is 16.2. The molecular weight excluding hydrogens is 364 g/mol. The summed E-state index contributed by atoms with van der Waals surface area (Å²) in [5.74, 6) is -0.00405. The first kappa shape index (κ1) is 15.2. The smallest absolute Gasteiger partial charge is 0.268 e. The Bertz CT molecular complexity index is 889. The van der Waals surface area contributed by atoms with E-state index in [0.717, 1.165) is 5.56 Å². The fourth-order valence-corrected chi connectivity index (χ4v) is 2.39. The maximum Gasteiger partial charge on any atom is 0.268 e. The van der Waals surface area contributed by atoms with Crippen molar-refractivity contribution >= 4 is 27.4 Å². The highest BCUT2D eigenvalue weighted by Crippen LogP contribution is 2.29. The summed E-state index contributed by atoms with van der Waals surface area (Å²) < 4.78 is 6.14. The van der Waals surface area contributed by atoms with E-state index < -0.39 is 0 Å². The van der Waals surface area contributed by atoms with Gasteiger partial charge in [-0.3, -0.25) is 9.36 Å². The number of pyridine rings is 1. The molecule has 23 heavy (non-hydrogen) atoms. The van der Waals surface area contributed by atoms with Gasteiger partial charge in [-0.25, -0.2) is 0 Å². The van der Waals surface area contributed by atoms with Gasteiger partial charge in [0.2, 0.25) is 11.7 Å². The number of nitrogens with zero attached hydrogens (tertiary/aromatic N) is 4. The number of hydrogen-bond acceptors (Lipinski definition) is 6. The van der Waals surface area contributed by atoms with Crippen molar-refractivity contribution in [3.05, 3.63) is 69.1 Å². The molecule has 7 nitrogen and oxygen atoms in total. The molecule has 0 spiro atoms. The predicted octanol–water partition coefficient (Wildman–Crippen LogP) is 3.77. The van der Waals surface area contributed by atoms with E-state index in [1.165, 1.54) is 23.0 Å². The van der Waals surface area contributed by atoms with Crippen LogP contribution in [-0.2, 0) is 6.54 Å². The van der Waals surface area contributed by atoms with Crippen LogP contribution in [0.2, 0.25) is 0 Å². The molecule has 0 amide bonds. The third-order valence-corrected chi connectivity index (χ3v) is 3.63. The van der Waals surface area contributed by atoms with Gasteiger partial charge in [-0.15, -0.1) is 10.2 Å². The molecule has 0 bridgehead atoms. The van der Waals surface area contributed by atoms with E-state index in [1.807, 2.05) is 30.3 Å². The van der Waals surface area contributed by atoms with Gasteiger partial charge in [0.25, 0.3) is 5.56 Å². The van der Waals surface area contributed by atoms with Crippen molar-refractivity contribution in [3.63, 3.8) is 0 Å². The minimum Gasteiger partial charge on any atom is -0.493 e. The average Bonchev–Trinajstić information content (AvgIpc) is 3.08. The number of hydrogen-bond donors (Lipinski definition) is 1. The van der Waals surface area contributed by atoms with Gasteiger partial charge in [0.15, 0.2) is 0 Å². The molecule has 1 N–H and O–H groups in total. The molecule has 0 fully saturated rings. The molecule has 8 heteroatoms. The van der Waals surface area contributed by atoms with Crippen molar-refractivity contribution in [2.75, 3.05) is 0 Å². The van der Waals surface area contributed by atoms with Gasteiger partial charge in [0.05, 0.1) is 11.0 Å². The lowest BCUT2D eigenvalue weighted by Gasteiger charge is -2.10. The lowest BCUT2D eigenvalue weighted by Crippen LogP contribution is -2.21. The van der Waals surface area contributed by atoms with E-state index in [2.05, 4.69) is 35.8 Å². The van der Waals surface area contributed by atoms with Crippen LogP contribution in [-0.4, -0.2) is 14.8 Å². The molecule has 2 aromatic heterocycles. The minimum absolute atomic E-state index is 0.149. The number of rotatable bonds is 4. The van der Waals surface area contributed by atoms with E-state index in [-0.39, 0.29) is 34.0 Å². The number of benzene rings is 1. The van der Waals surface area contributed by atoms with E-state index in [4.69, 9.17) is 0 Å². The van der Waals surface area contributed by atoms with Crippen LogP contribution in [0.25, 0.3) is 0 Å². The normalized spacial score (nSPS) is 11.2. The summed E-state index contributed by atoms with van der Waals surface area (Å²) >= 11 is 3.18. The Kier molecular flexibility index (Phi) is 4.33. The summed E-state index contributed by atoms with van der Waals surface area (Å²) in [5, 5.41) is 21.7. The third kappa shape index (κ3) is 3.37. The third-order valence-electron chi connectivity index (χ3n) is 3.07. The van der Waals surface area contributed by atoms with Gasteiger partial charge in [-0.1, -0.05) is 35.5 Å². The Morgan fingerprint density at radius 3 is 2.70 bits per heavy atom. The fourth-order valence-electron chi connectivity index (χ4n) is 1.96. The lowest BCUT2D eigenvalue weighted by atomic mass is 10.2. The zero-order valence-electron chi connectivity index (χ0n) is 11.8. The topological polar surface area (TPSA) is 93.0 Å². The Morgan fingerprint density at radius 2 is 2.00 bits per heavy atom. The first-order valence-electron chi connectivity index (χ1n) is 6.63. The second-order valence-electron chi connectivity index (χ2n) is 4.64. The van der Waals surface area contributed by atoms with Crippen LogP contribution in [0, 0.1) is 0 Å². The van der Waals surface area contributed by atoms with E-state index >= 15 is 0 Å². The molecule has 3 rings (SSSR count). The molecule has 116 valence electrons. The van der Waals surface area contributed by atoms with Gasteiger partial charge in [0.1, 0.15) is 12.0 Å². The standard InChI is InChI=1S/C15H11BrN4O3/c16-11-8-12(17-18-13-6-7-23-19-13)15(22)20(14(11)21)9-10-4-2-1-3-5-10/h1-8,22H,9H2. The number of azo groups is 1. The van der Waals surface area contributed by atoms with Gasteiger partial charge < -0.3 is 9.63 Å². The maximum absolute atomic E-state index is 12.2. The first-order chi connectivity index (χ1) is 11.1. The molecule has 0 aliphatic rings. The summed E-state index contributed by atoms with van der Waals surface area (Å²) in [5.41, 5.74) is 0.671. The number of halogens is 1. The largest absolute Gasteiger partial charge is 0.493 e. The van der Waals surface area contributed by atoms with E-state index in [9.17, 15) is 9.90 Å². The highest BCUT2D eigenvalue weighted by molar-refractivity contribution is 9.10. The Labute approximate surface area is 139 Å². The van der Waals surface area contributed by atoms with Crippen molar-refractivity contribution in [2.45, 2.75) is 6.54 Å². The molecule has 0 aliphatic carbocycles. The average molecular weight is 375 g/mol. The van der Waals surface area contributed by atoms with Crippen molar-refractivity contribution in [1.29, 1.82) is 0 Å². The fraction of sp³-hybridized carbons (Fsp3) is 0.0667. The van der Waals surface area contributed by atoms with Crippen molar-refractivity contribution in [3.8, 4) is 5.88 Å². The Morgan fingerprint density at radius 1 is 1.22 bits per heavy atom. The van der Waals surface area contributed by atoms with E-state index in [1.54, 1.807) is 0 Å². The van der Waals surface area contributed by atoms with Crippen molar-refractivity contribution in [2.24, 2.45) is 10.2 Å². The predicted molar refractivity (Wildman–Crippen MR) is 86.3 cm³/mol.